The third-order valence-corrected chi connectivity index (χ3v) is 6.42. The van der Waals surface area contributed by atoms with Crippen molar-refractivity contribution in [1.29, 1.82) is 0 Å². The number of benzene rings is 2. The molecular weight excluding hydrogens is 369 g/mol. The first-order valence-corrected chi connectivity index (χ1v) is 10.3. The lowest BCUT2D eigenvalue weighted by Gasteiger charge is -2.28. The Hall–Kier alpha value is -2.69. The Morgan fingerprint density at radius 3 is 2.28 bits per heavy atom. The first-order chi connectivity index (χ1) is 14.0. The molecule has 2 saturated carbocycles. The van der Waals surface area contributed by atoms with E-state index >= 15 is 0 Å². The fourth-order valence-electron chi connectivity index (χ4n) is 4.93. The number of hydrogen-bond donors (Lipinski definition) is 1. The van der Waals surface area contributed by atoms with Crippen molar-refractivity contribution in [2.45, 2.75) is 38.6 Å². The summed E-state index contributed by atoms with van der Waals surface area (Å²) < 4.78 is 18.6. The van der Waals surface area contributed by atoms with E-state index in [0.717, 1.165) is 11.8 Å². The Morgan fingerprint density at radius 2 is 1.69 bits per heavy atom. The molecule has 0 saturated heterocycles. The third kappa shape index (κ3) is 4.50. The molecular formula is C24H26FNO3. The van der Waals surface area contributed by atoms with Gasteiger partial charge < -0.3 is 10.1 Å². The summed E-state index contributed by atoms with van der Waals surface area (Å²) in [5, 5.41) is 3.08. The first-order valence-electron chi connectivity index (χ1n) is 10.3. The van der Waals surface area contributed by atoms with Crippen LogP contribution < -0.4 is 10.1 Å². The predicted octanol–water partition coefficient (Wildman–Crippen LogP) is 4.38. The number of carbonyl (C=O) groups is 2. The highest BCUT2D eigenvalue weighted by atomic mass is 19.1. The van der Waals surface area contributed by atoms with Gasteiger partial charge >= 0.3 is 0 Å². The third-order valence-electron chi connectivity index (χ3n) is 6.42. The van der Waals surface area contributed by atoms with Gasteiger partial charge in [0.1, 0.15) is 11.6 Å². The molecule has 2 bridgehead atoms. The SMILES string of the molecule is C[C@H](NC(=O)COc1ccc(C(=O)c2ccc(F)cc2)cc1)[C@@H]1C[C@@H]2CC[C@@H]1C2. The van der Waals surface area contributed by atoms with Crippen LogP contribution in [0.1, 0.15) is 48.5 Å². The predicted molar refractivity (Wildman–Crippen MR) is 108 cm³/mol. The highest BCUT2D eigenvalue weighted by Gasteiger charge is 2.42. The van der Waals surface area contributed by atoms with Gasteiger partial charge in [-0.3, -0.25) is 9.59 Å². The smallest absolute Gasteiger partial charge is 0.258 e. The van der Waals surface area contributed by atoms with Gasteiger partial charge in [0.2, 0.25) is 0 Å². The molecule has 2 aliphatic rings. The van der Waals surface area contributed by atoms with Gasteiger partial charge in [0.05, 0.1) is 0 Å². The van der Waals surface area contributed by atoms with Gasteiger partial charge in [-0.15, -0.1) is 0 Å². The molecule has 0 aromatic heterocycles. The minimum absolute atomic E-state index is 0.0452. The number of halogens is 1. The second-order valence-electron chi connectivity index (χ2n) is 8.34. The average Bonchev–Trinajstić information content (AvgIpc) is 3.36. The van der Waals surface area contributed by atoms with Crippen molar-refractivity contribution < 1.29 is 18.7 Å². The highest BCUT2D eigenvalue weighted by molar-refractivity contribution is 6.09. The molecule has 29 heavy (non-hydrogen) atoms. The molecule has 152 valence electrons. The van der Waals surface area contributed by atoms with E-state index in [1.165, 1.54) is 49.9 Å². The Labute approximate surface area is 170 Å². The van der Waals surface area contributed by atoms with Crippen molar-refractivity contribution in [1.82, 2.24) is 5.32 Å². The summed E-state index contributed by atoms with van der Waals surface area (Å²) in [4.78, 5) is 24.7. The van der Waals surface area contributed by atoms with E-state index in [1.54, 1.807) is 24.3 Å². The fraction of sp³-hybridized carbons (Fsp3) is 0.417. The molecule has 0 spiro atoms. The van der Waals surface area contributed by atoms with Crippen molar-refractivity contribution in [3.63, 3.8) is 0 Å². The summed E-state index contributed by atoms with van der Waals surface area (Å²) in [5.74, 6) is 2.07. The van der Waals surface area contributed by atoms with Crippen molar-refractivity contribution >= 4 is 11.7 Å². The van der Waals surface area contributed by atoms with E-state index in [-0.39, 0.29) is 30.2 Å². The lowest BCUT2D eigenvalue weighted by molar-refractivity contribution is -0.124. The van der Waals surface area contributed by atoms with E-state index in [4.69, 9.17) is 4.74 Å². The maximum atomic E-state index is 13.0. The molecule has 0 heterocycles. The number of carbonyl (C=O) groups excluding carboxylic acids is 2. The van der Waals surface area contributed by atoms with Gasteiger partial charge in [0.15, 0.2) is 12.4 Å². The van der Waals surface area contributed by atoms with E-state index in [2.05, 4.69) is 12.2 Å². The van der Waals surface area contributed by atoms with Gasteiger partial charge in [-0.1, -0.05) is 6.42 Å². The largest absolute Gasteiger partial charge is 0.484 e. The number of nitrogens with one attached hydrogen (secondary N) is 1. The summed E-state index contributed by atoms with van der Waals surface area (Å²) in [6.07, 6.45) is 5.21. The summed E-state index contributed by atoms with van der Waals surface area (Å²) in [7, 11) is 0. The van der Waals surface area contributed by atoms with Crippen LogP contribution in [0.15, 0.2) is 48.5 Å². The van der Waals surface area contributed by atoms with Gasteiger partial charge in [-0.2, -0.15) is 0 Å². The highest BCUT2D eigenvalue weighted by Crippen LogP contribution is 2.49. The van der Waals surface area contributed by atoms with Crippen LogP contribution in [0.25, 0.3) is 0 Å². The van der Waals surface area contributed by atoms with Crippen LogP contribution in [-0.4, -0.2) is 24.3 Å². The van der Waals surface area contributed by atoms with Gasteiger partial charge in [0.25, 0.3) is 5.91 Å². The maximum absolute atomic E-state index is 13.0. The number of ketones is 1. The monoisotopic (exact) mass is 395 g/mol. The van der Waals surface area contributed by atoms with Crippen molar-refractivity contribution in [3.8, 4) is 5.75 Å². The van der Waals surface area contributed by atoms with Crippen molar-refractivity contribution in [3.05, 3.63) is 65.5 Å². The number of hydrogen-bond acceptors (Lipinski definition) is 3. The molecule has 4 nitrogen and oxygen atoms in total. The fourth-order valence-corrected chi connectivity index (χ4v) is 4.93. The van der Waals surface area contributed by atoms with E-state index in [0.29, 0.717) is 22.8 Å². The molecule has 2 fully saturated rings. The standard InChI is InChI=1S/C24H26FNO3/c1-15(22-13-16-2-3-19(22)12-16)26-23(27)14-29-21-10-6-18(7-11-21)24(28)17-4-8-20(25)9-5-17/h4-11,15-16,19,22H,2-3,12-14H2,1H3,(H,26,27)/t15-,16+,19+,22-/m0/s1. The molecule has 1 N–H and O–H groups in total. The number of ether oxygens (including phenoxy) is 1. The number of amides is 1. The van der Waals surface area contributed by atoms with E-state index in [1.807, 2.05) is 0 Å². The topological polar surface area (TPSA) is 55.4 Å². The Kier molecular flexibility index (Phi) is 5.65. The van der Waals surface area contributed by atoms with Crippen LogP contribution in [0.5, 0.6) is 5.75 Å². The van der Waals surface area contributed by atoms with E-state index < -0.39 is 0 Å². The zero-order valence-electron chi connectivity index (χ0n) is 16.6. The lowest BCUT2D eigenvalue weighted by Crippen LogP contribution is -2.42. The second-order valence-corrected chi connectivity index (χ2v) is 8.34. The summed E-state index contributed by atoms with van der Waals surface area (Å²) in [5.41, 5.74) is 0.910. The zero-order valence-corrected chi connectivity index (χ0v) is 16.6. The lowest BCUT2D eigenvalue weighted by atomic mass is 9.84. The van der Waals surface area contributed by atoms with Crippen LogP contribution in [0.3, 0.4) is 0 Å². The van der Waals surface area contributed by atoms with Crippen LogP contribution in [0.2, 0.25) is 0 Å². The van der Waals surface area contributed by atoms with Crippen LogP contribution in [0, 0.1) is 23.6 Å². The van der Waals surface area contributed by atoms with Crippen molar-refractivity contribution in [2.75, 3.05) is 6.61 Å². The van der Waals surface area contributed by atoms with Crippen LogP contribution in [-0.2, 0) is 4.79 Å². The summed E-state index contributed by atoms with van der Waals surface area (Å²) >= 11 is 0. The van der Waals surface area contributed by atoms with E-state index in [9.17, 15) is 14.0 Å². The normalized spacial score (nSPS) is 23.6. The second kappa shape index (κ2) is 8.36. The van der Waals surface area contributed by atoms with Crippen molar-refractivity contribution in [2.24, 2.45) is 17.8 Å². The first kappa shape index (κ1) is 19.6. The minimum Gasteiger partial charge on any atom is -0.484 e. The molecule has 0 unspecified atom stereocenters. The summed E-state index contributed by atoms with van der Waals surface area (Å²) in [6, 6.07) is 12.3. The van der Waals surface area contributed by atoms with Gasteiger partial charge in [0, 0.05) is 17.2 Å². The van der Waals surface area contributed by atoms with Gasteiger partial charge in [-0.05, 0) is 92.5 Å². The molecule has 2 aromatic rings. The number of rotatable bonds is 7. The molecule has 2 aliphatic carbocycles. The van der Waals surface area contributed by atoms with Gasteiger partial charge in [-0.25, -0.2) is 4.39 Å². The number of fused-ring (bicyclic) bond motifs is 2. The average molecular weight is 395 g/mol. The Balaban J connectivity index is 1.27. The van der Waals surface area contributed by atoms with Crippen LogP contribution >= 0.6 is 0 Å². The minimum atomic E-state index is -0.377. The molecule has 1 amide bonds. The Morgan fingerprint density at radius 1 is 1.03 bits per heavy atom. The zero-order chi connectivity index (χ0) is 20.4. The molecule has 4 rings (SSSR count). The van der Waals surface area contributed by atoms with Crippen LogP contribution in [0.4, 0.5) is 4.39 Å². The molecule has 2 aromatic carbocycles. The maximum Gasteiger partial charge on any atom is 0.258 e. The Bertz CT molecular complexity index is 878. The molecule has 0 radical (unpaired) electrons. The summed E-state index contributed by atoms with van der Waals surface area (Å²) in [6.45, 7) is 2.05. The quantitative estimate of drug-likeness (QED) is 0.708. The molecule has 5 heteroatoms. The molecule has 4 atom stereocenters. The molecule has 0 aliphatic heterocycles.